The van der Waals surface area contributed by atoms with Gasteiger partial charge in [0, 0.05) is 22.3 Å². The van der Waals surface area contributed by atoms with Gasteiger partial charge in [-0.2, -0.15) is 0 Å². The van der Waals surface area contributed by atoms with Gasteiger partial charge in [-0.05, 0) is 22.8 Å². The number of carbonyl (C=O) groups excluding carboxylic acids is 1. The Kier molecular flexibility index (Phi) is 6.79. The Bertz CT molecular complexity index is 741. The highest BCUT2D eigenvalue weighted by molar-refractivity contribution is 8.19. The number of fused-ring (bicyclic) bond motifs is 1. The molecule has 0 spiro atoms. The van der Waals surface area contributed by atoms with Crippen molar-refractivity contribution in [1.82, 2.24) is 0 Å². The van der Waals surface area contributed by atoms with Crippen molar-refractivity contribution in [3.05, 3.63) is 60.7 Å². The average molecular weight is 391 g/mol. The van der Waals surface area contributed by atoms with Crippen molar-refractivity contribution in [1.29, 1.82) is 0 Å². The highest BCUT2D eigenvalue weighted by atomic mass is 32.2. The summed E-state index contributed by atoms with van der Waals surface area (Å²) in [5, 5.41) is 3.81. The van der Waals surface area contributed by atoms with Crippen LogP contribution in [0.4, 0.5) is 0 Å². The minimum Gasteiger partial charge on any atom is -0.451 e. The fraction of sp³-hybridized carbons (Fsp3) is 0.350. The molecule has 2 unspecified atom stereocenters. The fourth-order valence-electron chi connectivity index (χ4n) is 2.90. The van der Waals surface area contributed by atoms with Gasteiger partial charge in [-0.1, -0.05) is 56.0 Å². The van der Waals surface area contributed by atoms with Crippen molar-refractivity contribution in [2.45, 2.75) is 28.4 Å². The van der Waals surface area contributed by atoms with Crippen LogP contribution in [0.2, 0.25) is 0 Å². The Labute approximate surface area is 162 Å². The summed E-state index contributed by atoms with van der Waals surface area (Å²) in [5.74, 6) is 1.24. The molecule has 132 valence electrons. The van der Waals surface area contributed by atoms with Crippen LogP contribution in [0.15, 0.2) is 55.1 Å². The summed E-state index contributed by atoms with van der Waals surface area (Å²) >= 11 is 5.82. The minimum atomic E-state index is -0.346. The molecule has 25 heavy (non-hydrogen) atoms. The molecule has 1 aliphatic rings. The van der Waals surface area contributed by atoms with Gasteiger partial charge in [-0.3, -0.25) is 0 Å². The molecule has 1 saturated heterocycles. The zero-order valence-corrected chi connectivity index (χ0v) is 16.7. The molecule has 1 aliphatic heterocycles. The average Bonchev–Trinajstić information content (AvgIpc) is 3.09. The van der Waals surface area contributed by atoms with Gasteiger partial charge in [0.2, 0.25) is 0 Å². The van der Waals surface area contributed by atoms with Crippen LogP contribution >= 0.6 is 35.3 Å². The molecule has 0 aliphatic carbocycles. The van der Waals surface area contributed by atoms with Gasteiger partial charge in [0.15, 0.2) is 0 Å². The predicted molar refractivity (Wildman–Crippen MR) is 113 cm³/mol. The third-order valence-electron chi connectivity index (χ3n) is 4.14. The molecule has 3 rings (SSSR count). The SMILES string of the molecule is C=CC(=O)OCSC(C)CC1CS[C@@H](c2cccc3ccccc23)S1. The van der Waals surface area contributed by atoms with Crippen LogP contribution in [0.3, 0.4) is 0 Å². The molecule has 0 aromatic heterocycles. The number of carbonyl (C=O) groups is 1. The molecule has 1 fully saturated rings. The van der Waals surface area contributed by atoms with Gasteiger partial charge in [0.1, 0.15) is 5.94 Å². The summed E-state index contributed by atoms with van der Waals surface area (Å²) in [7, 11) is 0. The second kappa shape index (κ2) is 9.06. The number of benzene rings is 2. The third kappa shape index (κ3) is 4.99. The van der Waals surface area contributed by atoms with Crippen LogP contribution in [0.1, 0.15) is 23.5 Å². The summed E-state index contributed by atoms with van der Waals surface area (Å²) in [6, 6.07) is 15.2. The van der Waals surface area contributed by atoms with Crippen molar-refractivity contribution >= 4 is 52.0 Å². The van der Waals surface area contributed by atoms with Crippen LogP contribution in [-0.4, -0.2) is 28.2 Å². The Balaban J connectivity index is 1.54. The van der Waals surface area contributed by atoms with Crippen molar-refractivity contribution in [2.75, 3.05) is 11.7 Å². The number of hydrogen-bond donors (Lipinski definition) is 0. The summed E-state index contributed by atoms with van der Waals surface area (Å²) in [4.78, 5) is 11.1. The molecular formula is C20H22O2S3. The maximum atomic E-state index is 11.1. The molecule has 0 N–H and O–H groups in total. The summed E-state index contributed by atoms with van der Waals surface area (Å²) < 4.78 is 5.57. The largest absolute Gasteiger partial charge is 0.451 e. The van der Waals surface area contributed by atoms with E-state index in [1.165, 1.54) is 28.2 Å². The molecule has 2 aromatic rings. The Morgan fingerprint density at radius 3 is 3.00 bits per heavy atom. The molecular weight excluding hydrogens is 368 g/mol. The Morgan fingerprint density at radius 1 is 1.36 bits per heavy atom. The number of ether oxygens (including phenoxy) is 1. The van der Waals surface area contributed by atoms with Crippen LogP contribution in [0.25, 0.3) is 10.8 Å². The Morgan fingerprint density at radius 2 is 2.16 bits per heavy atom. The molecule has 0 amide bonds. The zero-order valence-electron chi connectivity index (χ0n) is 14.2. The van der Waals surface area contributed by atoms with E-state index < -0.39 is 0 Å². The molecule has 1 heterocycles. The van der Waals surface area contributed by atoms with E-state index in [2.05, 4.69) is 67.7 Å². The topological polar surface area (TPSA) is 26.3 Å². The maximum absolute atomic E-state index is 11.1. The number of esters is 1. The van der Waals surface area contributed by atoms with Crippen LogP contribution in [-0.2, 0) is 9.53 Å². The smallest absolute Gasteiger partial charge is 0.330 e. The van der Waals surface area contributed by atoms with Crippen molar-refractivity contribution in [3.8, 4) is 0 Å². The van der Waals surface area contributed by atoms with E-state index in [1.807, 2.05) is 11.8 Å². The molecule has 5 heteroatoms. The summed E-state index contributed by atoms with van der Waals surface area (Å²) in [5.41, 5.74) is 1.44. The van der Waals surface area contributed by atoms with Crippen LogP contribution in [0, 0.1) is 0 Å². The number of thioether (sulfide) groups is 3. The molecule has 2 aromatic carbocycles. The zero-order chi connectivity index (χ0) is 17.6. The number of rotatable bonds is 7. The van der Waals surface area contributed by atoms with Crippen molar-refractivity contribution < 1.29 is 9.53 Å². The lowest BCUT2D eigenvalue weighted by Crippen LogP contribution is -2.11. The van der Waals surface area contributed by atoms with Crippen LogP contribution < -0.4 is 0 Å². The Hall–Kier alpha value is -1.04. The second-order valence-corrected chi connectivity index (χ2v) is 10.2. The van der Waals surface area contributed by atoms with Crippen molar-refractivity contribution in [2.24, 2.45) is 0 Å². The fourth-order valence-corrected chi connectivity index (χ4v) is 7.39. The van der Waals surface area contributed by atoms with Crippen LogP contribution in [0.5, 0.6) is 0 Å². The molecule has 0 bridgehead atoms. The standard InChI is InChI=1S/C20H22O2S3/c1-3-19(21)22-13-24-14(2)11-16-12-23-20(25-16)18-10-6-8-15-7-4-5-9-17(15)18/h3-10,14,16,20H,1,11-13H2,2H3/t14?,16?,20-/m1/s1. The van der Waals surface area contributed by atoms with E-state index in [1.54, 1.807) is 11.8 Å². The monoisotopic (exact) mass is 390 g/mol. The normalized spacial score (nSPS) is 21.2. The lowest BCUT2D eigenvalue weighted by atomic mass is 10.1. The molecule has 0 radical (unpaired) electrons. The molecule has 3 atom stereocenters. The predicted octanol–water partition coefficient (Wildman–Crippen LogP) is 5.89. The quantitative estimate of drug-likeness (QED) is 0.334. The second-order valence-electron chi connectivity index (χ2n) is 5.99. The minimum absolute atomic E-state index is 0.346. The summed E-state index contributed by atoms with van der Waals surface area (Å²) in [6.45, 7) is 5.62. The highest BCUT2D eigenvalue weighted by Crippen LogP contribution is 2.52. The van der Waals surface area contributed by atoms with E-state index >= 15 is 0 Å². The maximum Gasteiger partial charge on any atom is 0.330 e. The summed E-state index contributed by atoms with van der Waals surface area (Å²) in [6.07, 6.45) is 2.35. The lowest BCUT2D eigenvalue weighted by Gasteiger charge is -2.16. The first-order valence-corrected chi connectivity index (χ1v) is 11.4. The van der Waals surface area contributed by atoms with Gasteiger partial charge >= 0.3 is 5.97 Å². The highest BCUT2D eigenvalue weighted by Gasteiger charge is 2.29. The van der Waals surface area contributed by atoms with E-state index in [-0.39, 0.29) is 5.97 Å². The van der Waals surface area contributed by atoms with Gasteiger partial charge in [0.05, 0.1) is 4.58 Å². The molecule has 0 saturated carbocycles. The first-order chi connectivity index (χ1) is 12.2. The first kappa shape index (κ1) is 18.7. The van der Waals surface area contributed by atoms with Gasteiger partial charge < -0.3 is 4.74 Å². The van der Waals surface area contributed by atoms with Gasteiger partial charge in [-0.15, -0.1) is 35.3 Å². The lowest BCUT2D eigenvalue weighted by molar-refractivity contribution is -0.135. The van der Waals surface area contributed by atoms with Gasteiger partial charge in [-0.25, -0.2) is 4.79 Å². The van der Waals surface area contributed by atoms with E-state index in [9.17, 15) is 4.79 Å². The first-order valence-electron chi connectivity index (χ1n) is 8.33. The van der Waals surface area contributed by atoms with Gasteiger partial charge in [0.25, 0.3) is 0 Å². The van der Waals surface area contributed by atoms with E-state index in [0.717, 1.165) is 6.42 Å². The van der Waals surface area contributed by atoms with E-state index in [4.69, 9.17) is 4.74 Å². The number of hydrogen-bond acceptors (Lipinski definition) is 5. The third-order valence-corrected chi connectivity index (χ3v) is 8.51. The van der Waals surface area contributed by atoms with Crippen molar-refractivity contribution in [3.63, 3.8) is 0 Å². The molecule has 2 nitrogen and oxygen atoms in total. The van der Waals surface area contributed by atoms with E-state index in [0.29, 0.717) is 21.0 Å².